The molecule has 2 unspecified atom stereocenters. The Labute approximate surface area is 209 Å². The van der Waals surface area contributed by atoms with Gasteiger partial charge in [0.2, 0.25) is 0 Å². The summed E-state index contributed by atoms with van der Waals surface area (Å²) in [6.07, 6.45) is 10.5. The Balaban J connectivity index is 2.96. The minimum Gasteiger partial charge on any atom is -0.507 e. The molecule has 0 bridgehead atoms. The fraction of sp³-hybridized carbons (Fsp3) is 0.793. The van der Waals surface area contributed by atoms with Crippen molar-refractivity contribution in [3.8, 4) is 5.75 Å². The van der Waals surface area contributed by atoms with Crippen LogP contribution in [0.3, 0.4) is 0 Å². The van der Waals surface area contributed by atoms with Gasteiger partial charge in [-0.2, -0.15) is 23.5 Å². The van der Waals surface area contributed by atoms with Gasteiger partial charge in [-0.25, -0.2) is 0 Å². The van der Waals surface area contributed by atoms with Crippen molar-refractivity contribution in [1.82, 2.24) is 0 Å². The third-order valence-corrected chi connectivity index (χ3v) is 9.32. The second kappa shape index (κ2) is 15.6. The number of phenolic OH excluding ortho intramolecular Hbond substituents is 1. The number of thioether (sulfide) groups is 2. The Morgan fingerprint density at radius 3 is 1.78 bits per heavy atom. The highest BCUT2D eigenvalue weighted by Crippen LogP contribution is 2.40. The van der Waals surface area contributed by atoms with Crippen LogP contribution in [-0.4, -0.2) is 16.6 Å². The maximum atomic E-state index is 11.2. The Morgan fingerprint density at radius 2 is 1.34 bits per heavy atom. The summed E-state index contributed by atoms with van der Waals surface area (Å²) in [5.41, 5.74) is 5.00. The van der Waals surface area contributed by atoms with E-state index < -0.39 is 0 Å². The zero-order valence-electron chi connectivity index (χ0n) is 22.5. The molecule has 32 heavy (non-hydrogen) atoms. The maximum absolute atomic E-state index is 11.2. The molecule has 186 valence electrons. The lowest BCUT2D eigenvalue weighted by Gasteiger charge is -2.26. The molecule has 0 aliphatic rings. The Morgan fingerprint density at radius 1 is 0.844 bits per heavy atom. The molecule has 2 atom stereocenters. The molecule has 0 aromatic heterocycles. The average molecular weight is 481 g/mol. The summed E-state index contributed by atoms with van der Waals surface area (Å²) in [5.74, 6) is 6.63. The summed E-state index contributed by atoms with van der Waals surface area (Å²) in [7, 11) is 0. The predicted molar refractivity (Wildman–Crippen MR) is 150 cm³/mol. The van der Waals surface area contributed by atoms with Crippen molar-refractivity contribution in [1.29, 1.82) is 0 Å². The molecule has 0 saturated heterocycles. The van der Waals surface area contributed by atoms with Gasteiger partial charge in [-0.1, -0.05) is 93.1 Å². The minimum atomic E-state index is -0.0449. The Kier molecular flexibility index (Phi) is 14.5. The Hall–Kier alpha value is -0.280. The number of unbranched alkanes of at least 4 members (excludes halogenated alkanes) is 2. The monoisotopic (exact) mass is 480 g/mol. The lowest BCUT2D eigenvalue weighted by Crippen LogP contribution is -2.14. The molecule has 0 radical (unpaired) electrons. The highest BCUT2D eigenvalue weighted by molar-refractivity contribution is 7.98. The number of hydrogen-bond acceptors (Lipinski definition) is 3. The number of benzene rings is 1. The van der Waals surface area contributed by atoms with Crippen LogP contribution in [0.15, 0.2) is 6.07 Å². The first kappa shape index (κ1) is 29.8. The van der Waals surface area contributed by atoms with Crippen molar-refractivity contribution in [2.75, 3.05) is 11.5 Å². The average Bonchev–Trinajstić information content (AvgIpc) is 2.75. The van der Waals surface area contributed by atoms with Gasteiger partial charge in [-0.15, -0.1) is 0 Å². The van der Waals surface area contributed by atoms with Crippen molar-refractivity contribution >= 4 is 23.5 Å². The second-order valence-corrected chi connectivity index (χ2v) is 12.7. The van der Waals surface area contributed by atoms with E-state index in [4.69, 9.17) is 0 Å². The quantitative estimate of drug-likeness (QED) is 0.254. The van der Waals surface area contributed by atoms with E-state index in [2.05, 4.69) is 73.2 Å². The van der Waals surface area contributed by atoms with Gasteiger partial charge in [0, 0.05) is 17.1 Å². The first-order chi connectivity index (χ1) is 15.2. The molecular weight excluding hydrogens is 428 g/mol. The molecule has 0 aliphatic carbocycles. The van der Waals surface area contributed by atoms with Crippen LogP contribution in [0, 0.1) is 18.8 Å². The van der Waals surface area contributed by atoms with Gasteiger partial charge >= 0.3 is 0 Å². The zero-order chi connectivity index (χ0) is 24.1. The minimum absolute atomic E-state index is 0.0449. The van der Waals surface area contributed by atoms with Crippen LogP contribution in [0.25, 0.3) is 0 Å². The Bertz CT molecular complexity index is 648. The molecule has 0 heterocycles. The van der Waals surface area contributed by atoms with Crippen LogP contribution in [0.2, 0.25) is 0 Å². The number of phenols is 1. The van der Waals surface area contributed by atoms with Crippen LogP contribution in [-0.2, 0) is 16.9 Å². The van der Waals surface area contributed by atoms with Crippen LogP contribution < -0.4 is 0 Å². The normalized spacial score (nSPS) is 14.0. The molecule has 1 N–H and O–H groups in total. The van der Waals surface area contributed by atoms with Gasteiger partial charge in [0.15, 0.2) is 0 Å². The number of hydrogen-bond donors (Lipinski definition) is 1. The van der Waals surface area contributed by atoms with E-state index in [0.717, 1.165) is 28.9 Å². The van der Waals surface area contributed by atoms with Crippen LogP contribution >= 0.6 is 23.5 Å². The van der Waals surface area contributed by atoms with Crippen molar-refractivity contribution in [2.24, 2.45) is 11.8 Å². The van der Waals surface area contributed by atoms with E-state index >= 15 is 0 Å². The predicted octanol–water partition coefficient (Wildman–Crippen LogP) is 9.90. The zero-order valence-corrected chi connectivity index (χ0v) is 24.1. The van der Waals surface area contributed by atoms with Crippen molar-refractivity contribution < 1.29 is 5.11 Å². The third kappa shape index (κ3) is 9.92. The lowest BCUT2D eigenvalue weighted by atomic mass is 9.83. The number of rotatable bonds is 16. The van der Waals surface area contributed by atoms with Gasteiger partial charge in [-0.05, 0) is 65.2 Å². The first-order valence-electron chi connectivity index (χ1n) is 13.2. The third-order valence-electron chi connectivity index (χ3n) is 6.90. The maximum Gasteiger partial charge on any atom is 0.123 e. The highest BCUT2D eigenvalue weighted by Gasteiger charge is 2.24. The molecule has 3 heteroatoms. The standard InChI is InChI=1S/C29H52OS2/c1-9-13-15-23(11-3)18-31-20-25-17-27(29(6,7)8)28(30)26(22(25)5)21-32-19-24(12-4)16-14-10-2/h17,23-24,30H,9-16,18-21H2,1-8H3. The fourth-order valence-electron chi connectivity index (χ4n) is 4.24. The molecule has 0 saturated carbocycles. The molecule has 0 amide bonds. The molecule has 1 aromatic rings. The molecule has 0 spiro atoms. The van der Waals surface area contributed by atoms with E-state index in [9.17, 15) is 5.11 Å². The van der Waals surface area contributed by atoms with Gasteiger partial charge in [0.25, 0.3) is 0 Å². The van der Waals surface area contributed by atoms with Crippen molar-refractivity contribution in [3.05, 3.63) is 28.3 Å². The summed E-state index contributed by atoms with van der Waals surface area (Å²) >= 11 is 4.11. The molecule has 1 rings (SSSR count). The van der Waals surface area contributed by atoms with Gasteiger partial charge in [-0.3, -0.25) is 0 Å². The van der Waals surface area contributed by atoms with E-state index in [1.165, 1.54) is 79.6 Å². The van der Waals surface area contributed by atoms with E-state index in [1.54, 1.807) is 0 Å². The second-order valence-electron chi connectivity index (χ2n) is 10.6. The van der Waals surface area contributed by atoms with Gasteiger partial charge < -0.3 is 5.11 Å². The smallest absolute Gasteiger partial charge is 0.123 e. The van der Waals surface area contributed by atoms with Crippen molar-refractivity contribution in [2.45, 2.75) is 124 Å². The fourth-order valence-corrected chi connectivity index (χ4v) is 7.03. The summed E-state index contributed by atoms with van der Waals surface area (Å²) in [5, 5.41) is 11.2. The van der Waals surface area contributed by atoms with E-state index in [1.807, 2.05) is 11.8 Å². The van der Waals surface area contributed by atoms with E-state index in [0.29, 0.717) is 5.75 Å². The lowest BCUT2D eigenvalue weighted by molar-refractivity contribution is 0.441. The van der Waals surface area contributed by atoms with Crippen molar-refractivity contribution in [3.63, 3.8) is 0 Å². The van der Waals surface area contributed by atoms with Crippen LogP contribution in [0.5, 0.6) is 5.75 Å². The van der Waals surface area contributed by atoms with Gasteiger partial charge in [0.1, 0.15) is 5.75 Å². The molecular formula is C29H52OS2. The largest absolute Gasteiger partial charge is 0.507 e. The number of aromatic hydroxyl groups is 1. The van der Waals surface area contributed by atoms with Crippen LogP contribution in [0.4, 0.5) is 0 Å². The van der Waals surface area contributed by atoms with E-state index in [-0.39, 0.29) is 5.41 Å². The summed E-state index contributed by atoms with van der Waals surface area (Å²) in [6.45, 7) is 18.1. The summed E-state index contributed by atoms with van der Waals surface area (Å²) in [6, 6.07) is 2.30. The molecule has 0 aliphatic heterocycles. The molecule has 1 nitrogen and oxygen atoms in total. The highest BCUT2D eigenvalue weighted by atomic mass is 32.2. The molecule has 0 fully saturated rings. The topological polar surface area (TPSA) is 20.2 Å². The van der Waals surface area contributed by atoms with Gasteiger partial charge in [0.05, 0.1) is 0 Å². The summed E-state index contributed by atoms with van der Waals surface area (Å²) in [4.78, 5) is 0. The summed E-state index contributed by atoms with van der Waals surface area (Å²) < 4.78 is 0. The van der Waals surface area contributed by atoms with Crippen LogP contribution in [0.1, 0.15) is 122 Å². The first-order valence-corrected chi connectivity index (χ1v) is 15.5. The molecule has 1 aromatic carbocycles. The SMILES string of the molecule is CCCCC(CC)CSCc1cc(C(C)(C)C)c(O)c(CSCC(CC)CCCC)c1C.